The minimum Gasteiger partial charge on any atom is -0.497 e. The molecular weight excluding hydrogens is 257 g/mol. The van der Waals surface area contributed by atoms with Crippen LogP contribution < -0.4 is 9.64 Å². The van der Waals surface area contributed by atoms with Crippen molar-refractivity contribution in [2.24, 2.45) is 0 Å². The number of benzene rings is 2. The molecule has 0 aromatic heterocycles. The molecule has 2 rings (SSSR count). The van der Waals surface area contributed by atoms with Gasteiger partial charge in [0.1, 0.15) is 11.6 Å². The van der Waals surface area contributed by atoms with E-state index in [-0.39, 0.29) is 11.3 Å². The van der Waals surface area contributed by atoms with Gasteiger partial charge in [0.15, 0.2) is 5.78 Å². The van der Waals surface area contributed by atoms with E-state index in [9.17, 15) is 9.18 Å². The molecule has 0 fully saturated rings. The normalized spacial score (nSPS) is 10.2. The molecule has 0 radical (unpaired) electrons. The van der Waals surface area contributed by atoms with Gasteiger partial charge in [-0.05, 0) is 31.2 Å². The number of nitrogens with zero attached hydrogens (tertiary/aromatic N) is 1. The Hall–Kier alpha value is -2.36. The lowest BCUT2D eigenvalue weighted by atomic mass is 10.1. The summed E-state index contributed by atoms with van der Waals surface area (Å²) >= 11 is 0. The molecule has 2 aromatic carbocycles. The molecule has 0 saturated carbocycles. The van der Waals surface area contributed by atoms with Gasteiger partial charge in [-0.3, -0.25) is 4.79 Å². The van der Waals surface area contributed by atoms with E-state index in [1.165, 1.54) is 13.0 Å². The van der Waals surface area contributed by atoms with Gasteiger partial charge in [-0.25, -0.2) is 4.39 Å². The minimum atomic E-state index is -0.509. The van der Waals surface area contributed by atoms with E-state index in [0.717, 1.165) is 5.69 Å². The number of rotatable bonds is 4. The number of carbonyl (C=O) groups excluding carboxylic acids is 1. The van der Waals surface area contributed by atoms with Crippen molar-refractivity contribution in [1.29, 1.82) is 0 Å². The molecule has 2 aromatic rings. The van der Waals surface area contributed by atoms with Crippen LogP contribution in [-0.2, 0) is 0 Å². The molecule has 3 nitrogen and oxygen atoms in total. The highest BCUT2D eigenvalue weighted by atomic mass is 19.1. The van der Waals surface area contributed by atoms with Crippen molar-refractivity contribution < 1.29 is 13.9 Å². The highest BCUT2D eigenvalue weighted by molar-refractivity contribution is 6.00. The number of anilines is 2. The van der Waals surface area contributed by atoms with Crippen LogP contribution in [0.15, 0.2) is 42.5 Å². The van der Waals surface area contributed by atoms with E-state index < -0.39 is 5.82 Å². The Morgan fingerprint density at radius 1 is 1.20 bits per heavy atom. The van der Waals surface area contributed by atoms with Crippen molar-refractivity contribution >= 4 is 17.2 Å². The first-order chi connectivity index (χ1) is 9.54. The molecule has 0 aliphatic rings. The van der Waals surface area contributed by atoms with Gasteiger partial charge in [0.25, 0.3) is 0 Å². The number of ketones is 1. The number of methoxy groups -OCH3 is 1. The van der Waals surface area contributed by atoms with Crippen molar-refractivity contribution in [3.63, 3.8) is 0 Å². The molecule has 104 valence electrons. The molecule has 0 unspecified atom stereocenters. The number of ether oxygens (including phenoxy) is 1. The van der Waals surface area contributed by atoms with Gasteiger partial charge in [-0.2, -0.15) is 0 Å². The summed E-state index contributed by atoms with van der Waals surface area (Å²) in [6, 6.07) is 12.0. The van der Waals surface area contributed by atoms with Gasteiger partial charge in [-0.15, -0.1) is 0 Å². The van der Waals surface area contributed by atoms with Gasteiger partial charge in [-0.1, -0.05) is 12.1 Å². The van der Waals surface area contributed by atoms with E-state index in [1.807, 2.05) is 24.3 Å². The number of hydrogen-bond acceptors (Lipinski definition) is 3. The van der Waals surface area contributed by atoms with Crippen LogP contribution in [-0.4, -0.2) is 19.9 Å². The summed E-state index contributed by atoms with van der Waals surface area (Å²) in [4.78, 5) is 13.4. The third-order valence-corrected chi connectivity index (χ3v) is 3.15. The van der Waals surface area contributed by atoms with Crippen LogP contribution in [0.5, 0.6) is 5.75 Å². The molecule has 0 aliphatic heterocycles. The highest BCUT2D eigenvalue weighted by Crippen LogP contribution is 2.30. The van der Waals surface area contributed by atoms with Crippen LogP contribution >= 0.6 is 0 Å². The summed E-state index contributed by atoms with van der Waals surface area (Å²) in [7, 11) is 3.37. The zero-order valence-electron chi connectivity index (χ0n) is 11.7. The lowest BCUT2D eigenvalue weighted by Crippen LogP contribution is -2.14. The Balaban J connectivity index is 2.50. The topological polar surface area (TPSA) is 29.5 Å². The van der Waals surface area contributed by atoms with Crippen LogP contribution in [0.2, 0.25) is 0 Å². The lowest BCUT2D eigenvalue weighted by molar-refractivity contribution is 0.101. The monoisotopic (exact) mass is 273 g/mol. The number of Topliss-reactive ketones (excluding diaryl/α,β-unsaturated/α-hetero) is 1. The van der Waals surface area contributed by atoms with Crippen molar-refractivity contribution in [2.75, 3.05) is 19.1 Å². The summed E-state index contributed by atoms with van der Waals surface area (Å²) < 4.78 is 19.0. The zero-order valence-corrected chi connectivity index (χ0v) is 11.7. The van der Waals surface area contributed by atoms with Gasteiger partial charge in [0.2, 0.25) is 0 Å². The zero-order chi connectivity index (χ0) is 14.7. The molecule has 0 atom stereocenters. The molecule has 0 aliphatic carbocycles. The highest BCUT2D eigenvalue weighted by Gasteiger charge is 2.17. The van der Waals surface area contributed by atoms with Crippen molar-refractivity contribution in [3.8, 4) is 5.75 Å². The number of carbonyl (C=O) groups is 1. The SMILES string of the molecule is COc1cccc(N(C)c2cccc(F)c2C(C)=O)c1. The Bertz CT molecular complexity index is 640. The fourth-order valence-electron chi connectivity index (χ4n) is 2.10. The Kier molecular flexibility index (Phi) is 4.03. The third-order valence-electron chi connectivity index (χ3n) is 3.15. The second-order valence-corrected chi connectivity index (χ2v) is 4.45. The average molecular weight is 273 g/mol. The summed E-state index contributed by atoms with van der Waals surface area (Å²) in [6.07, 6.45) is 0. The van der Waals surface area contributed by atoms with Gasteiger partial charge in [0, 0.05) is 18.8 Å². The molecule has 0 amide bonds. The Labute approximate surface area is 117 Å². The fraction of sp³-hybridized carbons (Fsp3) is 0.188. The summed E-state index contributed by atoms with van der Waals surface area (Å²) in [6.45, 7) is 1.36. The standard InChI is InChI=1S/C16H16FNO2/c1-11(19)16-14(17)8-5-9-15(16)18(2)12-6-4-7-13(10-12)20-3/h4-10H,1-3H3. The molecule has 20 heavy (non-hydrogen) atoms. The van der Waals surface area contributed by atoms with Crippen LogP contribution in [0.3, 0.4) is 0 Å². The molecule has 0 spiro atoms. The molecule has 0 saturated heterocycles. The maximum Gasteiger partial charge on any atom is 0.164 e. The fourth-order valence-corrected chi connectivity index (χ4v) is 2.10. The Morgan fingerprint density at radius 3 is 2.55 bits per heavy atom. The number of hydrogen-bond donors (Lipinski definition) is 0. The molecule has 4 heteroatoms. The quantitative estimate of drug-likeness (QED) is 0.793. The van der Waals surface area contributed by atoms with Crippen LogP contribution in [0.4, 0.5) is 15.8 Å². The van der Waals surface area contributed by atoms with E-state index in [1.54, 1.807) is 31.2 Å². The summed E-state index contributed by atoms with van der Waals surface area (Å²) in [5.41, 5.74) is 1.45. The third kappa shape index (κ3) is 2.64. The maximum absolute atomic E-state index is 13.9. The van der Waals surface area contributed by atoms with Crippen LogP contribution in [0.1, 0.15) is 17.3 Å². The van der Waals surface area contributed by atoms with E-state index >= 15 is 0 Å². The first-order valence-corrected chi connectivity index (χ1v) is 6.22. The molecule has 0 bridgehead atoms. The predicted octanol–water partition coefficient (Wildman–Crippen LogP) is 3.80. The number of halogens is 1. The van der Waals surface area contributed by atoms with E-state index in [2.05, 4.69) is 0 Å². The molecule has 0 heterocycles. The van der Waals surface area contributed by atoms with Crippen LogP contribution in [0, 0.1) is 5.82 Å². The second-order valence-electron chi connectivity index (χ2n) is 4.45. The first-order valence-electron chi connectivity index (χ1n) is 6.22. The van der Waals surface area contributed by atoms with Gasteiger partial charge in [0.05, 0.1) is 18.4 Å². The predicted molar refractivity (Wildman–Crippen MR) is 77.5 cm³/mol. The average Bonchev–Trinajstić information content (AvgIpc) is 2.45. The minimum absolute atomic E-state index is 0.0952. The summed E-state index contributed by atoms with van der Waals surface area (Å²) in [5.74, 6) is -0.104. The first kappa shape index (κ1) is 14.1. The smallest absolute Gasteiger partial charge is 0.164 e. The Morgan fingerprint density at radius 2 is 1.90 bits per heavy atom. The van der Waals surface area contributed by atoms with Crippen molar-refractivity contribution in [2.45, 2.75) is 6.92 Å². The summed E-state index contributed by atoms with van der Waals surface area (Å²) in [5, 5.41) is 0. The second kappa shape index (κ2) is 5.74. The van der Waals surface area contributed by atoms with Crippen molar-refractivity contribution in [3.05, 3.63) is 53.8 Å². The van der Waals surface area contributed by atoms with Crippen LogP contribution in [0.25, 0.3) is 0 Å². The largest absolute Gasteiger partial charge is 0.497 e. The van der Waals surface area contributed by atoms with E-state index in [0.29, 0.717) is 11.4 Å². The van der Waals surface area contributed by atoms with Crippen molar-refractivity contribution in [1.82, 2.24) is 0 Å². The molecular formula is C16H16FNO2. The maximum atomic E-state index is 13.9. The van der Waals surface area contributed by atoms with E-state index in [4.69, 9.17) is 4.74 Å². The van der Waals surface area contributed by atoms with Gasteiger partial charge >= 0.3 is 0 Å². The van der Waals surface area contributed by atoms with Gasteiger partial charge < -0.3 is 9.64 Å². The lowest BCUT2D eigenvalue weighted by Gasteiger charge is -2.22. The molecule has 0 N–H and O–H groups in total.